The molecule has 5 nitrogen and oxygen atoms in total. The third-order valence-electron chi connectivity index (χ3n) is 7.88. The van der Waals surface area contributed by atoms with E-state index in [1.165, 1.54) is 97.1 Å². The zero-order chi connectivity index (χ0) is 18.0. The molecule has 0 unspecified atom stereocenters. The summed E-state index contributed by atoms with van der Waals surface area (Å²) in [5.74, 6) is 1.16. The summed E-state index contributed by atoms with van der Waals surface area (Å²) in [6.45, 7) is 8.52. The minimum absolute atomic E-state index is 0. The number of likely N-dealkylation sites (tertiary alicyclic amines) is 3. The Morgan fingerprint density at radius 3 is 2.15 bits per heavy atom. The molecule has 1 aliphatic carbocycles. The van der Waals surface area contributed by atoms with E-state index < -0.39 is 0 Å². The molecule has 1 N–H and O–H groups in total. The van der Waals surface area contributed by atoms with Crippen LogP contribution in [-0.2, 0) is 0 Å². The third-order valence-corrected chi connectivity index (χ3v) is 7.88. The summed E-state index contributed by atoms with van der Waals surface area (Å²) in [5.41, 5.74) is 0.965. The van der Waals surface area contributed by atoms with Gasteiger partial charge in [0.2, 0.25) is 0 Å². The number of hydrogen-bond acceptors (Lipinski definition) is 3. The van der Waals surface area contributed by atoms with Crippen LogP contribution in [0.1, 0.15) is 57.8 Å². The largest absolute Gasteiger partial charge is 0.354 e. The average Bonchev–Trinajstić information content (AvgIpc) is 3.11. The first-order valence-electron chi connectivity index (χ1n) is 11.0. The Morgan fingerprint density at radius 2 is 1.59 bits per heavy atom. The Kier molecular flexibility index (Phi) is 7.34. The topological polar surface area (TPSA) is 34.1 Å². The van der Waals surface area contributed by atoms with Gasteiger partial charge in [0, 0.05) is 32.2 Å². The van der Waals surface area contributed by atoms with Crippen LogP contribution >= 0.6 is 24.0 Å². The van der Waals surface area contributed by atoms with E-state index in [4.69, 9.17) is 0 Å². The molecule has 3 aliphatic heterocycles. The van der Waals surface area contributed by atoms with Crippen molar-refractivity contribution in [2.45, 2.75) is 63.3 Å². The fraction of sp³-hybridized carbons (Fsp3) is 0.952. The highest BCUT2D eigenvalue weighted by atomic mass is 127. The Morgan fingerprint density at radius 1 is 0.889 bits per heavy atom. The monoisotopic (exact) mass is 489 g/mol. The zero-order valence-corrected chi connectivity index (χ0v) is 19.8. The molecule has 1 saturated carbocycles. The van der Waals surface area contributed by atoms with Gasteiger partial charge in [-0.1, -0.05) is 12.8 Å². The number of nitrogens with one attached hydrogen (secondary N) is 1. The highest BCUT2D eigenvalue weighted by Gasteiger charge is 2.44. The van der Waals surface area contributed by atoms with Crippen LogP contribution < -0.4 is 5.32 Å². The van der Waals surface area contributed by atoms with Gasteiger partial charge in [0.25, 0.3) is 0 Å². The summed E-state index contributed by atoms with van der Waals surface area (Å²) >= 11 is 0. The van der Waals surface area contributed by atoms with E-state index in [1.807, 2.05) is 7.05 Å². The number of piperidine rings is 2. The minimum atomic E-state index is 0. The second-order valence-electron chi connectivity index (χ2n) is 9.50. The van der Waals surface area contributed by atoms with Gasteiger partial charge in [-0.3, -0.25) is 9.89 Å². The SMILES string of the molecule is CN=C(NCC1(N2CCCCC2)CCN(C)CC1)N1CCC2(CCC2)C1.I. The van der Waals surface area contributed by atoms with Crippen molar-refractivity contribution in [2.75, 3.05) is 59.9 Å². The van der Waals surface area contributed by atoms with E-state index in [0.29, 0.717) is 11.0 Å². The molecule has 4 aliphatic rings. The van der Waals surface area contributed by atoms with Crippen LogP contribution in [-0.4, -0.2) is 86.1 Å². The van der Waals surface area contributed by atoms with Gasteiger partial charge in [0.15, 0.2) is 5.96 Å². The number of hydrogen-bond donors (Lipinski definition) is 1. The molecule has 3 heterocycles. The van der Waals surface area contributed by atoms with E-state index in [-0.39, 0.29) is 24.0 Å². The number of nitrogens with zero attached hydrogens (tertiary/aromatic N) is 4. The standard InChI is InChI=1S/C21H39N5.HI/c1-22-19(25-16-9-20(18-25)7-6-8-20)23-17-21(10-14-24(2)15-11-21)26-12-4-3-5-13-26;/h3-18H2,1-2H3,(H,22,23);1H. The van der Waals surface area contributed by atoms with Crippen LogP contribution in [0.5, 0.6) is 0 Å². The lowest BCUT2D eigenvalue weighted by Gasteiger charge is -2.50. The first kappa shape index (κ1) is 21.6. The molecule has 0 bridgehead atoms. The second-order valence-corrected chi connectivity index (χ2v) is 9.50. The second kappa shape index (κ2) is 9.16. The van der Waals surface area contributed by atoms with Gasteiger partial charge in [-0.2, -0.15) is 0 Å². The molecule has 0 amide bonds. The Labute approximate surface area is 183 Å². The predicted octanol–water partition coefficient (Wildman–Crippen LogP) is 3.01. The summed E-state index contributed by atoms with van der Waals surface area (Å²) < 4.78 is 0. The van der Waals surface area contributed by atoms with Crippen LogP contribution in [0.2, 0.25) is 0 Å². The summed E-state index contributed by atoms with van der Waals surface area (Å²) in [7, 11) is 4.24. The third kappa shape index (κ3) is 4.58. The van der Waals surface area contributed by atoms with E-state index in [9.17, 15) is 0 Å². The van der Waals surface area contributed by atoms with Crippen molar-refractivity contribution < 1.29 is 0 Å². The van der Waals surface area contributed by atoms with Crippen LogP contribution in [0.3, 0.4) is 0 Å². The molecule has 3 saturated heterocycles. The minimum Gasteiger partial charge on any atom is -0.354 e. The first-order chi connectivity index (χ1) is 12.6. The van der Waals surface area contributed by atoms with Gasteiger partial charge < -0.3 is 15.1 Å². The highest BCUT2D eigenvalue weighted by molar-refractivity contribution is 14.0. The maximum atomic E-state index is 4.67. The predicted molar refractivity (Wildman–Crippen MR) is 124 cm³/mol. The molecule has 27 heavy (non-hydrogen) atoms. The molecular weight excluding hydrogens is 449 g/mol. The molecule has 0 aromatic carbocycles. The lowest BCUT2D eigenvalue weighted by molar-refractivity contribution is 0.0169. The molecule has 0 aromatic rings. The summed E-state index contributed by atoms with van der Waals surface area (Å²) in [6, 6.07) is 0. The van der Waals surface area contributed by atoms with Crippen molar-refractivity contribution >= 4 is 29.9 Å². The lowest BCUT2D eigenvalue weighted by Crippen LogP contribution is -2.62. The van der Waals surface area contributed by atoms with E-state index >= 15 is 0 Å². The Bertz CT molecular complexity index is 505. The smallest absolute Gasteiger partial charge is 0.193 e. The number of aliphatic imine (C=N–C) groups is 1. The molecule has 156 valence electrons. The van der Waals surface area contributed by atoms with Crippen molar-refractivity contribution in [3.05, 3.63) is 0 Å². The van der Waals surface area contributed by atoms with E-state index in [1.54, 1.807) is 0 Å². The average molecular weight is 489 g/mol. The first-order valence-corrected chi connectivity index (χ1v) is 11.0. The quantitative estimate of drug-likeness (QED) is 0.376. The van der Waals surface area contributed by atoms with Crippen molar-refractivity contribution in [1.82, 2.24) is 20.0 Å². The summed E-state index contributed by atoms with van der Waals surface area (Å²) in [5, 5.41) is 3.84. The molecule has 4 rings (SSSR count). The fourth-order valence-corrected chi connectivity index (χ4v) is 5.78. The van der Waals surface area contributed by atoms with Gasteiger partial charge in [0.05, 0.1) is 0 Å². The summed E-state index contributed by atoms with van der Waals surface area (Å²) in [6.07, 6.45) is 12.4. The normalized spacial score (nSPS) is 28.7. The maximum Gasteiger partial charge on any atom is 0.193 e. The van der Waals surface area contributed by atoms with Crippen molar-refractivity contribution in [2.24, 2.45) is 10.4 Å². The number of rotatable bonds is 3. The number of guanidine groups is 1. The molecule has 0 aromatic heterocycles. The van der Waals surface area contributed by atoms with Crippen LogP contribution in [0.4, 0.5) is 0 Å². The van der Waals surface area contributed by atoms with Gasteiger partial charge >= 0.3 is 0 Å². The molecule has 6 heteroatoms. The maximum absolute atomic E-state index is 4.67. The van der Waals surface area contributed by atoms with Crippen molar-refractivity contribution in [3.63, 3.8) is 0 Å². The zero-order valence-electron chi connectivity index (χ0n) is 17.5. The lowest BCUT2D eigenvalue weighted by atomic mass is 9.68. The highest BCUT2D eigenvalue weighted by Crippen LogP contribution is 2.47. The van der Waals surface area contributed by atoms with Crippen LogP contribution in [0.25, 0.3) is 0 Å². The molecule has 0 radical (unpaired) electrons. The van der Waals surface area contributed by atoms with Gasteiger partial charge in [-0.05, 0) is 83.6 Å². The molecule has 4 fully saturated rings. The Balaban J connectivity index is 0.00000210. The summed E-state index contributed by atoms with van der Waals surface area (Å²) in [4.78, 5) is 12.5. The molecule has 1 spiro atoms. The van der Waals surface area contributed by atoms with Gasteiger partial charge in [0.1, 0.15) is 0 Å². The van der Waals surface area contributed by atoms with Gasteiger partial charge in [-0.25, -0.2) is 0 Å². The van der Waals surface area contributed by atoms with Crippen LogP contribution in [0, 0.1) is 5.41 Å². The van der Waals surface area contributed by atoms with Crippen molar-refractivity contribution in [3.8, 4) is 0 Å². The van der Waals surface area contributed by atoms with Gasteiger partial charge in [-0.15, -0.1) is 24.0 Å². The van der Waals surface area contributed by atoms with E-state index in [0.717, 1.165) is 12.5 Å². The fourth-order valence-electron chi connectivity index (χ4n) is 5.78. The Hall–Kier alpha value is -0.0800. The number of halogens is 1. The molecule has 0 atom stereocenters. The van der Waals surface area contributed by atoms with Crippen molar-refractivity contribution in [1.29, 1.82) is 0 Å². The molecular formula is C21H40IN5. The van der Waals surface area contributed by atoms with Crippen LogP contribution in [0.15, 0.2) is 4.99 Å². The van der Waals surface area contributed by atoms with E-state index in [2.05, 4.69) is 32.1 Å².